The monoisotopic (exact) mass is 285 g/mol. The smallest absolute Gasteiger partial charge is 0.191 e. The van der Waals surface area contributed by atoms with Crippen LogP contribution in [0.2, 0.25) is 0 Å². The topological polar surface area (TPSA) is 45.7 Å². The Morgan fingerprint density at radius 2 is 2.05 bits per heavy atom. The lowest BCUT2D eigenvalue weighted by Gasteiger charge is -2.27. The van der Waals surface area contributed by atoms with Crippen molar-refractivity contribution in [3.8, 4) is 0 Å². The van der Waals surface area contributed by atoms with Gasteiger partial charge in [-0.2, -0.15) is 11.8 Å². The average Bonchev–Trinajstić information content (AvgIpc) is 3.00. The van der Waals surface area contributed by atoms with Crippen molar-refractivity contribution in [2.24, 2.45) is 10.4 Å². The van der Waals surface area contributed by atoms with Crippen LogP contribution in [0, 0.1) is 5.41 Å². The van der Waals surface area contributed by atoms with E-state index in [0.717, 1.165) is 38.7 Å². The Bertz CT molecular complexity index is 293. The molecule has 0 aliphatic carbocycles. The zero-order valence-electron chi connectivity index (χ0n) is 12.4. The first kappa shape index (κ1) is 15.0. The third-order valence-electron chi connectivity index (χ3n) is 4.14. The largest absolute Gasteiger partial charge is 0.381 e. The van der Waals surface area contributed by atoms with E-state index in [9.17, 15) is 0 Å². The first-order valence-corrected chi connectivity index (χ1v) is 8.20. The molecule has 0 saturated carbocycles. The number of thioether (sulfide) groups is 1. The van der Waals surface area contributed by atoms with E-state index >= 15 is 0 Å². The summed E-state index contributed by atoms with van der Waals surface area (Å²) < 4.78 is 5.85. The maximum absolute atomic E-state index is 5.48. The van der Waals surface area contributed by atoms with Crippen molar-refractivity contribution in [2.45, 2.75) is 37.9 Å². The molecule has 0 aromatic heterocycles. The Hall–Kier alpha value is -0.420. The summed E-state index contributed by atoms with van der Waals surface area (Å²) in [5.74, 6) is 2.21. The van der Waals surface area contributed by atoms with Gasteiger partial charge in [-0.05, 0) is 31.9 Å². The Kier molecular flexibility index (Phi) is 5.01. The first-order chi connectivity index (χ1) is 9.05. The third kappa shape index (κ3) is 4.28. The molecule has 0 aromatic carbocycles. The SMILES string of the molecule is CN=C(NCC1(C)CCOC1)NCC1(C)CCCS1. The summed E-state index contributed by atoms with van der Waals surface area (Å²) in [5.41, 5.74) is 0.254. The molecule has 0 aromatic rings. The van der Waals surface area contributed by atoms with Gasteiger partial charge in [0.05, 0.1) is 6.61 Å². The highest BCUT2D eigenvalue weighted by atomic mass is 32.2. The van der Waals surface area contributed by atoms with Crippen molar-refractivity contribution in [3.05, 3.63) is 0 Å². The van der Waals surface area contributed by atoms with Crippen molar-refractivity contribution in [3.63, 3.8) is 0 Å². The molecule has 110 valence electrons. The van der Waals surface area contributed by atoms with Crippen molar-refractivity contribution in [2.75, 3.05) is 39.1 Å². The third-order valence-corrected chi connectivity index (χ3v) is 5.68. The number of rotatable bonds is 4. The summed E-state index contributed by atoms with van der Waals surface area (Å²) in [6.07, 6.45) is 3.77. The fraction of sp³-hybridized carbons (Fsp3) is 0.929. The Morgan fingerprint density at radius 1 is 1.26 bits per heavy atom. The Balaban J connectivity index is 1.74. The van der Waals surface area contributed by atoms with Crippen LogP contribution >= 0.6 is 11.8 Å². The van der Waals surface area contributed by atoms with E-state index in [1.54, 1.807) is 0 Å². The van der Waals surface area contributed by atoms with Crippen LogP contribution in [0.1, 0.15) is 33.1 Å². The molecule has 2 unspecified atom stereocenters. The molecule has 0 spiro atoms. The van der Waals surface area contributed by atoms with Gasteiger partial charge >= 0.3 is 0 Å². The second kappa shape index (κ2) is 6.35. The van der Waals surface area contributed by atoms with Crippen molar-refractivity contribution in [1.82, 2.24) is 10.6 Å². The number of nitrogens with one attached hydrogen (secondary N) is 2. The van der Waals surface area contributed by atoms with Gasteiger partial charge in [0.1, 0.15) is 0 Å². The molecule has 2 fully saturated rings. The average molecular weight is 285 g/mol. The molecule has 2 saturated heterocycles. The first-order valence-electron chi connectivity index (χ1n) is 7.22. The molecule has 5 heteroatoms. The molecule has 2 atom stereocenters. The normalized spacial score (nSPS) is 35.6. The van der Waals surface area contributed by atoms with Gasteiger partial charge in [0.25, 0.3) is 0 Å². The van der Waals surface area contributed by atoms with E-state index in [0.29, 0.717) is 4.75 Å². The van der Waals surface area contributed by atoms with Crippen molar-refractivity contribution >= 4 is 17.7 Å². The summed E-state index contributed by atoms with van der Waals surface area (Å²) in [6, 6.07) is 0. The molecule has 2 rings (SSSR count). The van der Waals surface area contributed by atoms with Gasteiger partial charge in [-0.15, -0.1) is 0 Å². The second-order valence-electron chi connectivity index (χ2n) is 6.29. The number of hydrogen-bond acceptors (Lipinski definition) is 3. The molecule has 2 aliphatic rings. The van der Waals surface area contributed by atoms with E-state index in [1.165, 1.54) is 18.6 Å². The molecule has 0 bridgehead atoms. The molecule has 19 heavy (non-hydrogen) atoms. The molecule has 4 nitrogen and oxygen atoms in total. The minimum Gasteiger partial charge on any atom is -0.381 e. The van der Waals surface area contributed by atoms with Gasteiger partial charge in [0, 0.05) is 36.9 Å². The number of guanidine groups is 1. The van der Waals surface area contributed by atoms with E-state index in [-0.39, 0.29) is 5.41 Å². The van der Waals surface area contributed by atoms with Crippen LogP contribution in [0.15, 0.2) is 4.99 Å². The Labute approximate surface area is 121 Å². The van der Waals surface area contributed by atoms with E-state index in [2.05, 4.69) is 41.2 Å². The summed E-state index contributed by atoms with van der Waals surface area (Å²) in [7, 11) is 1.84. The molecular weight excluding hydrogens is 258 g/mol. The lowest BCUT2D eigenvalue weighted by molar-refractivity contribution is 0.160. The predicted molar refractivity (Wildman–Crippen MR) is 83.0 cm³/mol. The molecule has 2 heterocycles. The van der Waals surface area contributed by atoms with Gasteiger partial charge in [0.15, 0.2) is 5.96 Å². The van der Waals surface area contributed by atoms with E-state index in [4.69, 9.17) is 4.74 Å². The fourth-order valence-corrected chi connectivity index (χ4v) is 3.86. The van der Waals surface area contributed by atoms with Gasteiger partial charge in [-0.3, -0.25) is 4.99 Å². The van der Waals surface area contributed by atoms with Gasteiger partial charge in [-0.1, -0.05) is 6.92 Å². The summed E-state index contributed by atoms with van der Waals surface area (Å²) in [6.45, 7) is 8.27. The second-order valence-corrected chi connectivity index (χ2v) is 7.98. The van der Waals surface area contributed by atoms with Crippen LogP contribution in [0.3, 0.4) is 0 Å². The molecule has 0 radical (unpaired) electrons. The van der Waals surface area contributed by atoms with Crippen LogP contribution in [0.25, 0.3) is 0 Å². The quantitative estimate of drug-likeness (QED) is 0.611. The number of hydrogen-bond donors (Lipinski definition) is 2. The van der Waals surface area contributed by atoms with Crippen LogP contribution in [-0.2, 0) is 4.74 Å². The minimum absolute atomic E-state index is 0.254. The Morgan fingerprint density at radius 3 is 2.63 bits per heavy atom. The number of nitrogens with zero attached hydrogens (tertiary/aromatic N) is 1. The van der Waals surface area contributed by atoms with Crippen molar-refractivity contribution in [1.29, 1.82) is 0 Å². The lowest BCUT2D eigenvalue weighted by Crippen LogP contribution is -2.46. The highest BCUT2D eigenvalue weighted by molar-refractivity contribution is 8.00. The molecule has 2 aliphatic heterocycles. The van der Waals surface area contributed by atoms with Crippen LogP contribution in [0.5, 0.6) is 0 Å². The van der Waals surface area contributed by atoms with E-state index < -0.39 is 0 Å². The lowest BCUT2D eigenvalue weighted by atomic mass is 9.90. The fourth-order valence-electron chi connectivity index (χ4n) is 2.61. The van der Waals surface area contributed by atoms with Gasteiger partial charge < -0.3 is 15.4 Å². The summed E-state index contributed by atoms with van der Waals surface area (Å²) >= 11 is 2.07. The van der Waals surface area contributed by atoms with Crippen LogP contribution in [-0.4, -0.2) is 49.8 Å². The van der Waals surface area contributed by atoms with Gasteiger partial charge in [-0.25, -0.2) is 0 Å². The van der Waals surface area contributed by atoms with Gasteiger partial charge in [0.2, 0.25) is 0 Å². The zero-order chi connectivity index (χ0) is 13.8. The standard InChI is InChI=1S/C14H27N3OS/c1-13(6-7-18-11-13)9-16-12(15-3)17-10-14(2)5-4-8-19-14/h4-11H2,1-3H3,(H2,15,16,17). The minimum atomic E-state index is 0.254. The summed E-state index contributed by atoms with van der Waals surface area (Å²) in [4.78, 5) is 4.32. The zero-order valence-corrected chi connectivity index (χ0v) is 13.2. The highest BCUT2D eigenvalue weighted by Gasteiger charge is 2.31. The highest BCUT2D eigenvalue weighted by Crippen LogP contribution is 2.36. The number of aliphatic imine (C=N–C) groups is 1. The van der Waals surface area contributed by atoms with Crippen molar-refractivity contribution < 1.29 is 4.74 Å². The maximum atomic E-state index is 5.48. The van der Waals surface area contributed by atoms with Crippen LogP contribution in [0.4, 0.5) is 0 Å². The number of ether oxygens (including phenoxy) is 1. The maximum Gasteiger partial charge on any atom is 0.191 e. The van der Waals surface area contributed by atoms with Crippen LogP contribution < -0.4 is 10.6 Å². The molecule has 2 N–H and O–H groups in total. The molecular formula is C14H27N3OS. The summed E-state index contributed by atoms with van der Waals surface area (Å²) in [5, 5.41) is 6.91. The predicted octanol–water partition coefficient (Wildman–Crippen LogP) is 1.86. The van der Waals surface area contributed by atoms with E-state index in [1.807, 2.05) is 7.05 Å². The molecule has 0 amide bonds.